The van der Waals surface area contributed by atoms with Gasteiger partial charge < -0.3 is 0 Å². The minimum atomic E-state index is 0.641. The lowest BCUT2D eigenvalue weighted by molar-refractivity contribution is 0.624. The van der Waals surface area contributed by atoms with Gasteiger partial charge in [0.25, 0.3) is 0 Å². The Balaban J connectivity index is 1.80. The highest BCUT2D eigenvalue weighted by molar-refractivity contribution is 14.1. The molecule has 1 aliphatic carbocycles. The Labute approximate surface area is 124 Å². The average Bonchev–Trinajstić information content (AvgIpc) is 2.78. The zero-order chi connectivity index (χ0) is 12.8. The third-order valence-electron chi connectivity index (χ3n) is 3.59. The minimum Gasteiger partial charge on any atom is -0.103 e. The molecule has 0 nitrogen and oxygen atoms in total. The highest BCUT2D eigenvalue weighted by Crippen LogP contribution is 2.35. The zero-order valence-electron chi connectivity index (χ0n) is 10.8. The molecular formula is C17H21I. The number of allylic oxidation sites excluding steroid dienone is 2. The highest BCUT2D eigenvalue weighted by atomic mass is 127. The fourth-order valence-corrected chi connectivity index (χ4v) is 3.57. The summed E-state index contributed by atoms with van der Waals surface area (Å²) >= 11 is 2.62. The van der Waals surface area contributed by atoms with E-state index in [1.54, 1.807) is 0 Å². The molecule has 1 aromatic carbocycles. The van der Waals surface area contributed by atoms with Crippen molar-refractivity contribution in [2.45, 2.75) is 41.9 Å². The maximum atomic E-state index is 3.77. The molecule has 96 valence electrons. The molecule has 0 heterocycles. The lowest BCUT2D eigenvalue weighted by Gasteiger charge is -2.15. The minimum absolute atomic E-state index is 0.641. The summed E-state index contributed by atoms with van der Waals surface area (Å²) in [5, 5.41) is 0. The molecule has 0 bridgehead atoms. The van der Waals surface area contributed by atoms with E-state index in [-0.39, 0.29) is 0 Å². The van der Waals surface area contributed by atoms with Gasteiger partial charge >= 0.3 is 0 Å². The van der Waals surface area contributed by atoms with Gasteiger partial charge in [-0.05, 0) is 36.8 Å². The van der Waals surface area contributed by atoms with Crippen LogP contribution in [0.15, 0.2) is 43.0 Å². The topological polar surface area (TPSA) is 0 Å². The Morgan fingerprint density at radius 2 is 2.11 bits per heavy atom. The fourth-order valence-electron chi connectivity index (χ4n) is 2.58. The van der Waals surface area contributed by atoms with Crippen molar-refractivity contribution in [3.05, 3.63) is 54.1 Å². The summed E-state index contributed by atoms with van der Waals surface area (Å²) in [6, 6.07) is 8.78. The van der Waals surface area contributed by atoms with Gasteiger partial charge in [0, 0.05) is 9.84 Å². The molecule has 18 heavy (non-hydrogen) atoms. The number of hydrogen-bond donors (Lipinski definition) is 0. The lowest BCUT2D eigenvalue weighted by Crippen LogP contribution is -2.04. The normalized spacial score (nSPS) is 18.6. The summed E-state index contributed by atoms with van der Waals surface area (Å²) in [7, 11) is 0. The first kappa shape index (κ1) is 13.9. The van der Waals surface area contributed by atoms with Crippen LogP contribution in [0.5, 0.6) is 0 Å². The van der Waals surface area contributed by atoms with Crippen LogP contribution in [-0.4, -0.2) is 3.92 Å². The van der Waals surface area contributed by atoms with Crippen molar-refractivity contribution in [2.75, 3.05) is 0 Å². The molecule has 0 saturated carbocycles. The second kappa shape index (κ2) is 7.13. The maximum absolute atomic E-state index is 3.77. The van der Waals surface area contributed by atoms with E-state index in [0.29, 0.717) is 5.92 Å². The van der Waals surface area contributed by atoms with Crippen LogP contribution < -0.4 is 0 Å². The van der Waals surface area contributed by atoms with Crippen molar-refractivity contribution in [3.8, 4) is 0 Å². The Morgan fingerprint density at radius 1 is 1.28 bits per heavy atom. The summed E-state index contributed by atoms with van der Waals surface area (Å²) in [5.74, 6) is 0.641. The predicted molar refractivity (Wildman–Crippen MR) is 89.3 cm³/mol. The average molecular weight is 352 g/mol. The molecule has 2 unspecified atom stereocenters. The van der Waals surface area contributed by atoms with E-state index in [1.807, 2.05) is 6.08 Å². The molecule has 2 rings (SSSR count). The number of halogens is 1. The number of fused-ring (bicyclic) bond motifs is 1. The standard InChI is InChI=1S/C17H21I/c1-2-3-4-5-9-16(18)13-15-12-11-14-8-6-7-10-17(14)15/h2,6-8,10-12,15-16H,1,3-5,9,13H2. The molecule has 0 radical (unpaired) electrons. The van der Waals surface area contributed by atoms with Gasteiger partial charge in [-0.2, -0.15) is 0 Å². The Bertz CT molecular complexity index is 419. The summed E-state index contributed by atoms with van der Waals surface area (Å²) in [4.78, 5) is 0. The quantitative estimate of drug-likeness (QED) is 0.254. The third-order valence-corrected chi connectivity index (χ3v) is 4.72. The number of unbranched alkanes of at least 4 members (excludes halogenated alkanes) is 2. The molecule has 0 aliphatic heterocycles. The molecule has 0 aromatic heterocycles. The summed E-state index contributed by atoms with van der Waals surface area (Å²) in [6.45, 7) is 3.77. The van der Waals surface area contributed by atoms with Crippen LogP contribution in [0.3, 0.4) is 0 Å². The molecule has 0 spiro atoms. The van der Waals surface area contributed by atoms with Gasteiger partial charge in [0.15, 0.2) is 0 Å². The Kier molecular flexibility index (Phi) is 5.48. The largest absolute Gasteiger partial charge is 0.103 e. The molecule has 1 heteroatoms. The van der Waals surface area contributed by atoms with Crippen molar-refractivity contribution >= 4 is 28.7 Å². The van der Waals surface area contributed by atoms with Crippen molar-refractivity contribution in [1.29, 1.82) is 0 Å². The lowest BCUT2D eigenvalue weighted by atomic mass is 9.94. The summed E-state index contributed by atoms with van der Waals surface area (Å²) in [5.41, 5.74) is 2.93. The van der Waals surface area contributed by atoms with Crippen LogP contribution in [0.4, 0.5) is 0 Å². The van der Waals surface area contributed by atoms with Crippen LogP contribution in [0.1, 0.15) is 49.1 Å². The van der Waals surface area contributed by atoms with E-state index in [0.717, 1.165) is 10.3 Å². The van der Waals surface area contributed by atoms with Crippen LogP contribution >= 0.6 is 22.6 Å². The second-order valence-corrected chi connectivity index (χ2v) is 6.76. The fraction of sp³-hybridized carbons (Fsp3) is 0.412. The third kappa shape index (κ3) is 3.71. The van der Waals surface area contributed by atoms with Crippen LogP contribution in [0, 0.1) is 0 Å². The Hall–Kier alpha value is -0.570. The van der Waals surface area contributed by atoms with Gasteiger partial charge in [-0.1, -0.05) is 71.5 Å². The SMILES string of the molecule is C=CCCCCC(I)CC1C=Cc2ccccc21. The van der Waals surface area contributed by atoms with Gasteiger partial charge in [-0.3, -0.25) is 0 Å². The second-order valence-electron chi connectivity index (χ2n) is 5.00. The van der Waals surface area contributed by atoms with Crippen LogP contribution in [-0.2, 0) is 0 Å². The van der Waals surface area contributed by atoms with Crippen LogP contribution in [0.25, 0.3) is 6.08 Å². The van der Waals surface area contributed by atoms with Crippen molar-refractivity contribution in [3.63, 3.8) is 0 Å². The maximum Gasteiger partial charge on any atom is 0.0118 e. The number of rotatable bonds is 7. The van der Waals surface area contributed by atoms with Crippen molar-refractivity contribution in [1.82, 2.24) is 0 Å². The van der Waals surface area contributed by atoms with Gasteiger partial charge in [0.05, 0.1) is 0 Å². The van der Waals surface area contributed by atoms with Gasteiger partial charge in [0.2, 0.25) is 0 Å². The van der Waals surface area contributed by atoms with E-state index >= 15 is 0 Å². The van der Waals surface area contributed by atoms with E-state index in [1.165, 1.54) is 36.8 Å². The number of benzene rings is 1. The molecular weight excluding hydrogens is 331 g/mol. The number of hydrogen-bond acceptors (Lipinski definition) is 0. The predicted octanol–water partition coefficient (Wildman–Crippen LogP) is 5.74. The first-order chi connectivity index (χ1) is 8.81. The summed E-state index contributed by atoms with van der Waals surface area (Å²) < 4.78 is 0.785. The molecule has 0 fully saturated rings. The van der Waals surface area contributed by atoms with Crippen LogP contribution in [0.2, 0.25) is 0 Å². The first-order valence-corrected chi connectivity index (χ1v) is 8.08. The molecule has 2 atom stereocenters. The smallest absolute Gasteiger partial charge is 0.0118 e. The monoisotopic (exact) mass is 352 g/mol. The molecule has 0 saturated heterocycles. The molecule has 0 amide bonds. The zero-order valence-corrected chi connectivity index (χ0v) is 13.0. The molecule has 0 N–H and O–H groups in total. The molecule has 1 aliphatic rings. The van der Waals surface area contributed by atoms with E-state index in [4.69, 9.17) is 0 Å². The van der Waals surface area contributed by atoms with Crippen molar-refractivity contribution in [2.24, 2.45) is 0 Å². The highest BCUT2D eigenvalue weighted by Gasteiger charge is 2.19. The first-order valence-electron chi connectivity index (χ1n) is 6.83. The van der Waals surface area contributed by atoms with E-state index < -0.39 is 0 Å². The van der Waals surface area contributed by atoms with Crippen molar-refractivity contribution < 1.29 is 0 Å². The van der Waals surface area contributed by atoms with Gasteiger partial charge in [-0.25, -0.2) is 0 Å². The Morgan fingerprint density at radius 3 is 2.94 bits per heavy atom. The summed E-state index contributed by atoms with van der Waals surface area (Å²) in [6.07, 6.45) is 13.1. The number of alkyl halides is 1. The van der Waals surface area contributed by atoms with Gasteiger partial charge in [0.1, 0.15) is 0 Å². The van der Waals surface area contributed by atoms with E-state index in [9.17, 15) is 0 Å². The molecule has 1 aromatic rings. The van der Waals surface area contributed by atoms with E-state index in [2.05, 4.69) is 65.6 Å². The van der Waals surface area contributed by atoms with Gasteiger partial charge in [-0.15, -0.1) is 6.58 Å².